The number of carbonyl (C=O) groups is 1. The number of halogens is 1. The Bertz CT molecular complexity index is 531. The predicted molar refractivity (Wildman–Crippen MR) is 79.0 cm³/mol. The Balaban J connectivity index is 1.69. The van der Waals surface area contributed by atoms with Crippen molar-refractivity contribution in [3.05, 3.63) is 28.8 Å². The largest absolute Gasteiger partial charge is 0.508 e. The summed E-state index contributed by atoms with van der Waals surface area (Å²) in [5.74, 6) is 2.30. The molecular weight excluding hydrogens is 274 g/mol. The predicted octanol–water partition coefficient (Wildman–Crippen LogP) is 3.55. The van der Waals surface area contributed by atoms with Gasteiger partial charge in [-0.2, -0.15) is 0 Å². The summed E-state index contributed by atoms with van der Waals surface area (Å²) >= 11 is 6.06. The smallest absolute Gasteiger partial charge is 0.255 e. The molecule has 3 nitrogen and oxygen atoms in total. The zero-order chi connectivity index (χ0) is 14.3. The zero-order valence-electron chi connectivity index (χ0n) is 11.7. The van der Waals surface area contributed by atoms with E-state index < -0.39 is 0 Å². The number of phenolic OH excluding ortho intramolecular Hbond substituents is 1. The summed E-state index contributed by atoms with van der Waals surface area (Å²) in [5.41, 5.74) is 0.386. The third-order valence-electron chi connectivity index (χ3n) is 4.92. The lowest BCUT2D eigenvalue weighted by Crippen LogP contribution is -2.33. The van der Waals surface area contributed by atoms with Gasteiger partial charge in [-0.25, -0.2) is 0 Å². The Morgan fingerprint density at radius 2 is 2.20 bits per heavy atom. The van der Waals surface area contributed by atoms with Crippen LogP contribution < -0.4 is 0 Å². The number of hydrogen-bond donors (Lipinski definition) is 1. The van der Waals surface area contributed by atoms with Crippen LogP contribution in [0.5, 0.6) is 5.75 Å². The Hall–Kier alpha value is -1.22. The van der Waals surface area contributed by atoms with E-state index in [1.165, 1.54) is 37.8 Å². The van der Waals surface area contributed by atoms with Crippen LogP contribution in [0.3, 0.4) is 0 Å². The number of carbonyl (C=O) groups excluding carboxylic acids is 1. The van der Waals surface area contributed by atoms with Crippen LogP contribution in [-0.4, -0.2) is 29.5 Å². The zero-order valence-corrected chi connectivity index (χ0v) is 12.4. The van der Waals surface area contributed by atoms with Crippen molar-refractivity contribution in [2.75, 3.05) is 13.6 Å². The third-order valence-corrected chi connectivity index (χ3v) is 5.25. The van der Waals surface area contributed by atoms with Gasteiger partial charge in [-0.3, -0.25) is 4.79 Å². The SMILES string of the molecule is CN(CC1CC2CCC1C2)C(=O)c1cc(O)ccc1Cl. The van der Waals surface area contributed by atoms with Crippen LogP contribution >= 0.6 is 11.6 Å². The highest BCUT2D eigenvalue weighted by molar-refractivity contribution is 6.33. The highest BCUT2D eigenvalue weighted by atomic mass is 35.5. The van der Waals surface area contributed by atoms with Gasteiger partial charge in [0.1, 0.15) is 5.75 Å². The first-order valence-corrected chi connectivity index (χ1v) is 7.66. The summed E-state index contributed by atoms with van der Waals surface area (Å²) in [4.78, 5) is 14.2. The van der Waals surface area contributed by atoms with Crippen molar-refractivity contribution in [1.29, 1.82) is 0 Å². The monoisotopic (exact) mass is 293 g/mol. The molecule has 4 heteroatoms. The van der Waals surface area contributed by atoms with E-state index in [0.29, 0.717) is 16.5 Å². The maximum absolute atomic E-state index is 12.4. The van der Waals surface area contributed by atoms with Crippen molar-refractivity contribution in [3.63, 3.8) is 0 Å². The molecule has 1 aromatic rings. The van der Waals surface area contributed by atoms with E-state index in [-0.39, 0.29) is 11.7 Å². The fourth-order valence-corrected chi connectivity index (χ4v) is 4.12. The second-order valence-electron chi connectivity index (χ2n) is 6.28. The fourth-order valence-electron chi connectivity index (χ4n) is 3.92. The molecule has 2 fully saturated rings. The molecule has 0 radical (unpaired) electrons. The Labute approximate surface area is 124 Å². The molecule has 2 aliphatic rings. The van der Waals surface area contributed by atoms with Crippen LogP contribution in [0.15, 0.2) is 18.2 Å². The molecule has 2 saturated carbocycles. The molecule has 2 bridgehead atoms. The molecule has 1 amide bonds. The van der Waals surface area contributed by atoms with Gasteiger partial charge in [0.15, 0.2) is 0 Å². The molecule has 0 saturated heterocycles. The molecule has 0 aromatic heterocycles. The van der Waals surface area contributed by atoms with E-state index >= 15 is 0 Å². The average molecular weight is 294 g/mol. The maximum Gasteiger partial charge on any atom is 0.255 e. The van der Waals surface area contributed by atoms with Gasteiger partial charge in [0.2, 0.25) is 0 Å². The van der Waals surface area contributed by atoms with Gasteiger partial charge in [-0.15, -0.1) is 0 Å². The van der Waals surface area contributed by atoms with Crippen LogP contribution in [0.2, 0.25) is 5.02 Å². The molecular formula is C16H20ClNO2. The van der Waals surface area contributed by atoms with E-state index in [2.05, 4.69) is 0 Å². The second kappa shape index (κ2) is 5.28. The van der Waals surface area contributed by atoms with Crippen molar-refractivity contribution >= 4 is 17.5 Å². The highest BCUT2D eigenvalue weighted by Crippen LogP contribution is 2.48. The lowest BCUT2D eigenvalue weighted by atomic mass is 9.88. The van der Waals surface area contributed by atoms with E-state index in [4.69, 9.17) is 11.6 Å². The van der Waals surface area contributed by atoms with Crippen LogP contribution in [0, 0.1) is 17.8 Å². The molecule has 20 heavy (non-hydrogen) atoms. The number of phenols is 1. The molecule has 0 heterocycles. The molecule has 3 unspecified atom stereocenters. The third kappa shape index (κ3) is 2.51. The summed E-state index contributed by atoms with van der Waals surface area (Å²) < 4.78 is 0. The Morgan fingerprint density at radius 1 is 1.40 bits per heavy atom. The number of amides is 1. The van der Waals surface area contributed by atoms with Gasteiger partial charge in [0.05, 0.1) is 10.6 Å². The first-order valence-electron chi connectivity index (χ1n) is 7.28. The Kier molecular flexibility index (Phi) is 3.63. The molecule has 0 spiro atoms. The van der Waals surface area contributed by atoms with Crippen molar-refractivity contribution < 1.29 is 9.90 Å². The van der Waals surface area contributed by atoms with Crippen molar-refractivity contribution in [3.8, 4) is 5.75 Å². The summed E-state index contributed by atoms with van der Waals surface area (Å²) in [6.07, 6.45) is 5.30. The topological polar surface area (TPSA) is 40.5 Å². The van der Waals surface area contributed by atoms with Crippen LogP contribution in [0.1, 0.15) is 36.0 Å². The maximum atomic E-state index is 12.4. The normalized spacial score (nSPS) is 27.8. The Morgan fingerprint density at radius 3 is 2.85 bits per heavy atom. The molecule has 1 aromatic carbocycles. The van der Waals surface area contributed by atoms with Gasteiger partial charge >= 0.3 is 0 Å². The molecule has 3 atom stereocenters. The first kappa shape index (κ1) is 13.7. The van der Waals surface area contributed by atoms with Gasteiger partial charge in [-0.05, 0) is 55.2 Å². The number of fused-ring (bicyclic) bond motifs is 2. The summed E-state index contributed by atoms with van der Waals surface area (Å²) in [7, 11) is 1.83. The highest BCUT2D eigenvalue weighted by Gasteiger charge is 2.40. The van der Waals surface area contributed by atoms with E-state index in [1.807, 2.05) is 7.05 Å². The lowest BCUT2D eigenvalue weighted by Gasteiger charge is -2.27. The van der Waals surface area contributed by atoms with Gasteiger partial charge in [-0.1, -0.05) is 18.0 Å². The number of hydrogen-bond acceptors (Lipinski definition) is 2. The first-order chi connectivity index (χ1) is 9.54. The van der Waals surface area contributed by atoms with E-state index in [0.717, 1.165) is 18.4 Å². The van der Waals surface area contributed by atoms with Crippen molar-refractivity contribution in [2.24, 2.45) is 17.8 Å². The molecule has 1 N–H and O–H groups in total. The average Bonchev–Trinajstić information content (AvgIpc) is 3.03. The van der Waals surface area contributed by atoms with Crippen LogP contribution in [0.4, 0.5) is 0 Å². The van der Waals surface area contributed by atoms with E-state index in [1.54, 1.807) is 11.0 Å². The minimum atomic E-state index is -0.103. The summed E-state index contributed by atoms with van der Waals surface area (Å²) in [5, 5.41) is 9.90. The second-order valence-corrected chi connectivity index (χ2v) is 6.69. The molecule has 2 aliphatic carbocycles. The summed E-state index contributed by atoms with van der Waals surface area (Å²) in [6, 6.07) is 4.51. The van der Waals surface area contributed by atoms with Crippen LogP contribution in [0.25, 0.3) is 0 Å². The number of aromatic hydroxyl groups is 1. The van der Waals surface area contributed by atoms with Crippen molar-refractivity contribution in [2.45, 2.75) is 25.7 Å². The van der Waals surface area contributed by atoms with Gasteiger partial charge in [0, 0.05) is 13.6 Å². The fraction of sp³-hybridized carbons (Fsp3) is 0.562. The molecule has 108 valence electrons. The molecule has 0 aliphatic heterocycles. The number of rotatable bonds is 3. The van der Waals surface area contributed by atoms with Crippen molar-refractivity contribution in [1.82, 2.24) is 4.90 Å². The summed E-state index contributed by atoms with van der Waals surface area (Å²) in [6.45, 7) is 0.798. The quantitative estimate of drug-likeness (QED) is 0.926. The number of benzene rings is 1. The standard InChI is InChI=1S/C16H20ClNO2/c1-18(9-12-7-10-2-3-11(12)6-10)16(20)14-8-13(19)4-5-15(14)17/h4-5,8,10-12,19H,2-3,6-7,9H2,1H3. The minimum absolute atomic E-state index is 0.0751. The number of nitrogens with zero attached hydrogens (tertiary/aromatic N) is 1. The van der Waals surface area contributed by atoms with Gasteiger partial charge in [0.25, 0.3) is 5.91 Å². The van der Waals surface area contributed by atoms with E-state index in [9.17, 15) is 9.90 Å². The lowest BCUT2D eigenvalue weighted by molar-refractivity contribution is 0.0754. The molecule has 3 rings (SSSR count). The minimum Gasteiger partial charge on any atom is -0.508 e. The van der Waals surface area contributed by atoms with Gasteiger partial charge < -0.3 is 10.0 Å². The van der Waals surface area contributed by atoms with Crippen LogP contribution in [-0.2, 0) is 0 Å².